The van der Waals surface area contributed by atoms with Gasteiger partial charge in [-0.3, -0.25) is 9.59 Å². The molecule has 0 aliphatic heterocycles. The van der Waals surface area contributed by atoms with E-state index in [0.717, 1.165) is 44.1 Å². The first-order chi connectivity index (χ1) is 13.6. The molecular formula is C24H38O4. The largest absolute Gasteiger partial charge is 0.481 e. The second-order valence-corrected chi connectivity index (χ2v) is 7.70. The van der Waals surface area contributed by atoms with Crippen LogP contribution in [0.5, 0.6) is 0 Å². The summed E-state index contributed by atoms with van der Waals surface area (Å²) in [7, 11) is 0. The summed E-state index contributed by atoms with van der Waals surface area (Å²) in [5.41, 5.74) is 1.08. The van der Waals surface area contributed by atoms with Crippen LogP contribution >= 0.6 is 0 Å². The predicted molar refractivity (Wildman–Crippen MR) is 113 cm³/mol. The number of hydrogen-bond donors (Lipinski definition) is 1. The fraction of sp³-hybridized carbons (Fsp3) is 0.667. The summed E-state index contributed by atoms with van der Waals surface area (Å²) in [6.45, 7) is 4.43. The topological polar surface area (TPSA) is 63.6 Å². The highest BCUT2D eigenvalue weighted by molar-refractivity contribution is 5.69. The van der Waals surface area contributed by atoms with Crippen molar-refractivity contribution in [3.8, 4) is 0 Å². The van der Waals surface area contributed by atoms with Gasteiger partial charge in [0.1, 0.15) is 6.10 Å². The van der Waals surface area contributed by atoms with E-state index in [2.05, 4.69) is 13.8 Å². The number of unbranched alkanes of at least 4 members (excludes halogenated alkanes) is 5. The molecule has 0 aliphatic carbocycles. The van der Waals surface area contributed by atoms with Crippen molar-refractivity contribution in [1.29, 1.82) is 0 Å². The number of ether oxygens (including phenoxy) is 1. The molecule has 0 fully saturated rings. The quantitative estimate of drug-likeness (QED) is 0.252. The molecule has 0 aromatic heterocycles. The van der Waals surface area contributed by atoms with Gasteiger partial charge < -0.3 is 9.84 Å². The number of carboxylic acids is 1. The molecule has 0 heterocycles. The molecule has 0 bridgehead atoms. The summed E-state index contributed by atoms with van der Waals surface area (Å²) in [4.78, 5) is 22.9. The summed E-state index contributed by atoms with van der Waals surface area (Å²) < 4.78 is 5.89. The molecule has 0 radical (unpaired) electrons. The maximum Gasteiger partial charge on any atom is 0.306 e. The molecule has 4 nitrogen and oxygen atoms in total. The monoisotopic (exact) mass is 390 g/mol. The van der Waals surface area contributed by atoms with E-state index in [1.54, 1.807) is 0 Å². The van der Waals surface area contributed by atoms with Gasteiger partial charge in [-0.25, -0.2) is 0 Å². The molecule has 0 saturated carbocycles. The van der Waals surface area contributed by atoms with Crippen LogP contribution in [-0.2, 0) is 14.3 Å². The van der Waals surface area contributed by atoms with Gasteiger partial charge in [-0.05, 0) is 30.7 Å². The highest BCUT2D eigenvalue weighted by atomic mass is 16.5. The summed E-state index contributed by atoms with van der Waals surface area (Å²) >= 11 is 0. The molecule has 28 heavy (non-hydrogen) atoms. The number of benzene rings is 1. The molecule has 1 aromatic carbocycles. The Hall–Kier alpha value is -1.84. The molecule has 0 aliphatic rings. The number of rotatable bonds is 16. The second kappa shape index (κ2) is 15.1. The number of hydrogen-bond acceptors (Lipinski definition) is 3. The van der Waals surface area contributed by atoms with Crippen molar-refractivity contribution in [1.82, 2.24) is 0 Å². The van der Waals surface area contributed by atoms with Gasteiger partial charge in [0.05, 0.1) is 0 Å². The third-order valence-electron chi connectivity index (χ3n) is 5.31. The number of carbonyl (C=O) groups is 2. The first-order valence-corrected chi connectivity index (χ1v) is 11.0. The van der Waals surface area contributed by atoms with E-state index >= 15 is 0 Å². The van der Waals surface area contributed by atoms with Crippen molar-refractivity contribution in [3.63, 3.8) is 0 Å². The number of esters is 1. The Kier molecular flexibility index (Phi) is 13.1. The normalized spacial score (nSPS) is 13.1. The molecule has 1 rings (SSSR count). The lowest BCUT2D eigenvalue weighted by Gasteiger charge is -2.23. The minimum Gasteiger partial charge on any atom is -0.481 e. The van der Waals surface area contributed by atoms with Crippen LogP contribution < -0.4 is 0 Å². The van der Waals surface area contributed by atoms with Gasteiger partial charge in [0.15, 0.2) is 0 Å². The van der Waals surface area contributed by atoms with Crippen LogP contribution in [0.4, 0.5) is 0 Å². The number of aliphatic carboxylic acids is 1. The average Bonchev–Trinajstić information content (AvgIpc) is 2.70. The molecule has 2 unspecified atom stereocenters. The van der Waals surface area contributed by atoms with Gasteiger partial charge >= 0.3 is 11.9 Å². The highest BCUT2D eigenvalue weighted by Gasteiger charge is 2.20. The van der Waals surface area contributed by atoms with Crippen LogP contribution in [0.25, 0.3) is 0 Å². The van der Waals surface area contributed by atoms with E-state index in [0.29, 0.717) is 18.8 Å². The van der Waals surface area contributed by atoms with Crippen LogP contribution in [-0.4, -0.2) is 17.0 Å². The first-order valence-electron chi connectivity index (χ1n) is 11.0. The van der Waals surface area contributed by atoms with Crippen molar-refractivity contribution in [2.45, 2.75) is 97.0 Å². The van der Waals surface area contributed by atoms with Crippen molar-refractivity contribution in [2.24, 2.45) is 5.92 Å². The zero-order valence-corrected chi connectivity index (χ0v) is 17.7. The van der Waals surface area contributed by atoms with E-state index in [-0.39, 0.29) is 18.5 Å². The Morgan fingerprint density at radius 1 is 0.929 bits per heavy atom. The Balaban J connectivity index is 2.45. The summed E-state index contributed by atoms with van der Waals surface area (Å²) in [5, 5.41) is 8.63. The molecule has 4 heteroatoms. The molecule has 2 atom stereocenters. The van der Waals surface area contributed by atoms with Gasteiger partial charge in [0.25, 0.3) is 0 Å². The Labute approximate surface area is 170 Å². The third-order valence-corrected chi connectivity index (χ3v) is 5.31. The lowest BCUT2D eigenvalue weighted by Crippen LogP contribution is -2.15. The first kappa shape index (κ1) is 24.2. The van der Waals surface area contributed by atoms with E-state index in [1.165, 1.54) is 19.3 Å². The molecule has 0 saturated heterocycles. The van der Waals surface area contributed by atoms with Gasteiger partial charge in [-0.2, -0.15) is 0 Å². The second-order valence-electron chi connectivity index (χ2n) is 7.70. The van der Waals surface area contributed by atoms with Crippen LogP contribution in [0, 0.1) is 5.92 Å². The fourth-order valence-corrected chi connectivity index (χ4v) is 3.50. The van der Waals surface area contributed by atoms with Crippen LogP contribution in [0.1, 0.15) is 103 Å². The maximum atomic E-state index is 12.4. The van der Waals surface area contributed by atoms with E-state index in [9.17, 15) is 9.59 Å². The third kappa shape index (κ3) is 11.1. The molecule has 0 spiro atoms. The number of carbonyl (C=O) groups excluding carboxylic acids is 1. The Morgan fingerprint density at radius 2 is 1.57 bits per heavy atom. The van der Waals surface area contributed by atoms with Gasteiger partial charge in [0.2, 0.25) is 0 Å². The average molecular weight is 391 g/mol. The lowest BCUT2D eigenvalue weighted by molar-refractivity contribution is -0.150. The Morgan fingerprint density at radius 3 is 2.18 bits per heavy atom. The van der Waals surface area contributed by atoms with E-state index < -0.39 is 5.97 Å². The van der Waals surface area contributed by atoms with Crippen molar-refractivity contribution < 1.29 is 19.4 Å². The minimum absolute atomic E-state index is 0.121. The van der Waals surface area contributed by atoms with Crippen LogP contribution in [0.3, 0.4) is 0 Å². The zero-order chi connectivity index (χ0) is 20.6. The molecule has 1 N–H and O–H groups in total. The summed E-state index contributed by atoms with van der Waals surface area (Å²) in [6.07, 6.45) is 10.4. The van der Waals surface area contributed by atoms with Crippen molar-refractivity contribution >= 4 is 11.9 Å². The van der Waals surface area contributed by atoms with E-state index in [4.69, 9.17) is 9.84 Å². The smallest absolute Gasteiger partial charge is 0.306 e. The van der Waals surface area contributed by atoms with Crippen LogP contribution in [0.2, 0.25) is 0 Å². The van der Waals surface area contributed by atoms with Gasteiger partial charge in [-0.1, -0.05) is 89.1 Å². The minimum atomic E-state index is -0.736. The maximum absolute atomic E-state index is 12.4. The van der Waals surface area contributed by atoms with Gasteiger partial charge in [0, 0.05) is 12.8 Å². The van der Waals surface area contributed by atoms with Crippen LogP contribution in [0.15, 0.2) is 30.3 Å². The molecular weight excluding hydrogens is 352 g/mol. The highest BCUT2D eigenvalue weighted by Crippen LogP contribution is 2.30. The van der Waals surface area contributed by atoms with E-state index in [1.807, 2.05) is 30.3 Å². The number of carboxylic acid groups (broad SMARTS) is 1. The molecule has 158 valence electrons. The Bertz CT molecular complexity index is 541. The molecule has 1 aromatic rings. The molecule has 0 amide bonds. The zero-order valence-electron chi connectivity index (χ0n) is 17.7. The predicted octanol–water partition coefficient (Wildman–Crippen LogP) is 6.69. The fourth-order valence-electron chi connectivity index (χ4n) is 3.50. The summed E-state index contributed by atoms with van der Waals surface area (Å²) in [6, 6.07) is 10.1. The van der Waals surface area contributed by atoms with Gasteiger partial charge in [-0.15, -0.1) is 0 Å². The van der Waals surface area contributed by atoms with Crippen molar-refractivity contribution in [2.75, 3.05) is 0 Å². The van der Waals surface area contributed by atoms with Crippen molar-refractivity contribution in [3.05, 3.63) is 35.9 Å². The SMILES string of the molecule is CCCCC(CC)CC(OC(=O)CCCCCCCC(=O)O)c1ccccc1. The lowest BCUT2D eigenvalue weighted by atomic mass is 9.90. The standard InChI is InChI=1S/C24H38O4/c1-3-5-14-20(4-2)19-22(21-15-10-9-11-16-21)28-24(27)18-13-8-6-7-12-17-23(25)26/h9-11,15-16,20,22H,3-8,12-14,17-19H2,1-2H3,(H,25,26). The summed E-state index contributed by atoms with van der Waals surface area (Å²) in [5.74, 6) is -0.281.